The van der Waals surface area contributed by atoms with Crippen LogP contribution in [0.4, 0.5) is 0 Å². The predicted molar refractivity (Wildman–Crippen MR) is 58.7 cm³/mol. The molecule has 92 valence electrons. The number of esters is 1. The van der Waals surface area contributed by atoms with Crippen molar-refractivity contribution in [3.63, 3.8) is 0 Å². The first-order chi connectivity index (χ1) is 7.47. The molecule has 0 aromatic rings. The molecule has 1 atom stereocenters. The molecule has 1 aliphatic carbocycles. The van der Waals surface area contributed by atoms with Gasteiger partial charge in [0.05, 0.1) is 18.6 Å². The zero-order valence-electron chi connectivity index (χ0n) is 9.36. The second kappa shape index (κ2) is 4.00. The molecule has 2 aliphatic rings. The molecule has 1 heterocycles. The minimum atomic E-state index is -3.10. The van der Waals surface area contributed by atoms with E-state index in [0.717, 1.165) is 12.8 Å². The smallest absolute Gasteiger partial charge is 0.327 e. The molecule has 1 saturated carbocycles. The van der Waals surface area contributed by atoms with Gasteiger partial charge in [-0.25, -0.2) is 8.42 Å². The number of carbonyl (C=O) groups excluding carboxylic acids is 1. The summed E-state index contributed by atoms with van der Waals surface area (Å²) in [6, 6.07) is 0. The second-order valence-electron chi connectivity index (χ2n) is 4.74. The Kier molecular flexibility index (Phi) is 2.96. The highest BCUT2D eigenvalue weighted by Gasteiger charge is 2.49. The standard InChI is InChI=1S/C10H17NO4S/c1-15-9(12)10(11-6-8-2-3-8)4-5-16(13,14)7-10/h8,11H,2-7H2,1H3. The molecule has 0 radical (unpaired) electrons. The number of carbonyl (C=O) groups is 1. The number of nitrogens with one attached hydrogen (secondary N) is 1. The first-order valence-electron chi connectivity index (χ1n) is 5.51. The van der Waals surface area contributed by atoms with Crippen LogP contribution in [0.1, 0.15) is 19.3 Å². The van der Waals surface area contributed by atoms with E-state index >= 15 is 0 Å². The van der Waals surface area contributed by atoms with Crippen molar-refractivity contribution < 1.29 is 17.9 Å². The number of sulfone groups is 1. The van der Waals surface area contributed by atoms with Gasteiger partial charge in [-0.15, -0.1) is 0 Å². The summed E-state index contributed by atoms with van der Waals surface area (Å²) in [5.74, 6) is 0.0955. The molecule has 1 aliphatic heterocycles. The van der Waals surface area contributed by atoms with Crippen LogP contribution in [0.25, 0.3) is 0 Å². The van der Waals surface area contributed by atoms with E-state index in [1.165, 1.54) is 7.11 Å². The van der Waals surface area contributed by atoms with Gasteiger partial charge in [0.1, 0.15) is 5.54 Å². The molecule has 0 amide bonds. The molecule has 2 fully saturated rings. The van der Waals surface area contributed by atoms with Crippen LogP contribution < -0.4 is 5.32 Å². The first-order valence-corrected chi connectivity index (χ1v) is 7.33. The van der Waals surface area contributed by atoms with Gasteiger partial charge in [0.25, 0.3) is 0 Å². The number of hydrogen-bond acceptors (Lipinski definition) is 5. The van der Waals surface area contributed by atoms with Crippen LogP contribution in [0.2, 0.25) is 0 Å². The van der Waals surface area contributed by atoms with E-state index < -0.39 is 21.3 Å². The Hall–Kier alpha value is -0.620. The summed E-state index contributed by atoms with van der Waals surface area (Å²) in [5, 5.41) is 3.11. The highest BCUT2D eigenvalue weighted by atomic mass is 32.2. The van der Waals surface area contributed by atoms with Gasteiger partial charge >= 0.3 is 5.97 Å². The Bertz CT molecular complexity index is 388. The SMILES string of the molecule is COC(=O)C1(NCC2CC2)CCS(=O)(=O)C1. The van der Waals surface area contributed by atoms with Crippen molar-refractivity contribution in [3.05, 3.63) is 0 Å². The molecule has 2 rings (SSSR count). The van der Waals surface area contributed by atoms with Crippen molar-refractivity contribution in [2.75, 3.05) is 25.2 Å². The summed E-state index contributed by atoms with van der Waals surface area (Å²) >= 11 is 0. The topological polar surface area (TPSA) is 72.5 Å². The fourth-order valence-electron chi connectivity index (χ4n) is 2.08. The lowest BCUT2D eigenvalue weighted by atomic mass is 9.99. The van der Waals surface area contributed by atoms with E-state index in [9.17, 15) is 13.2 Å². The molecular weight excluding hydrogens is 230 g/mol. The minimum Gasteiger partial charge on any atom is -0.468 e. The summed E-state index contributed by atoms with van der Waals surface area (Å²) in [4.78, 5) is 11.7. The first kappa shape index (κ1) is 11.9. The maximum atomic E-state index is 11.7. The zero-order valence-corrected chi connectivity index (χ0v) is 10.2. The van der Waals surface area contributed by atoms with Gasteiger partial charge < -0.3 is 10.1 Å². The predicted octanol–water partition coefficient (Wildman–Crippen LogP) is -0.284. The number of methoxy groups -OCH3 is 1. The summed E-state index contributed by atoms with van der Waals surface area (Å²) in [6.07, 6.45) is 2.66. The Balaban J connectivity index is 2.09. The van der Waals surface area contributed by atoms with E-state index in [4.69, 9.17) is 4.74 Å². The van der Waals surface area contributed by atoms with Gasteiger partial charge in [-0.2, -0.15) is 0 Å². The average molecular weight is 247 g/mol. The van der Waals surface area contributed by atoms with Crippen LogP contribution >= 0.6 is 0 Å². The molecule has 0 aromatic carbocycles. The summed E-state index contributed by atoms with van der Waals surface area (Å²) in [5.41, 5.74) is -0.990. The van der Waals surface area contributed by atoms with Crippen molar-refractivity contribution in [1.82, 2.24) is 5.32 Å². The van der Waals surface area contributed by atoms with Crippen LogP contribution in [-0.2, 0) is 19.4 Å². The molecular formula is C10H17NO4S. The van der Waals surface area contributed by atoms with Crippen molar-refractivity contribution in [2.45, 2.75) is 24.8 Å². The fourth-order valence-corrected chi connectivity index (χ4v) is 4.00. The largest absolute Gasteiger partial charge is 0.468 e. The molecule has 1 N–H and O–H groups in total. The van der Waals surface area contributed by atoms with Crippen molar-refractivity contribution in [3.8, 4) is 0 Å². The van der Waals surface area contributed by atoms with Crippen LogP contribution in [0.15, 0.2) is 0 Å². The number of rotatable bonds is 4. The minimum absolute atomic E-state index is 0.0692. The van der Waals surface area contributed by atoms with Gasteiger partial charge in [0.2, 0.25) is 0 Å². The van der Waals surface area contributed by atoms with Crippen molar-refractivity contribution in [2.24, 2.45) is 5.92 Å². The van der Waals surface area contributed by atoms with Crippen LogP contribution in [0.3, 0.4) is 0 Å². The van der Waals surface area contributed by atoms with E-state index in [1.807, 2.05) is 0 Å². The lowest BCUT2D eigenvalue weighted by Gasteiger charge is -2.25. The van der Waals surface area contributed by atoms with Crippen LogP contribution in [-0.4, -0.2) is 45.1 Å². The molecule has 1 saturated heterocycles. The highest BCUT2D eigenvalue weighted by molar-refractivity contribution is 7.91. The number of hydrogen-bond donors (Lipinski definition) is 1. The van der Waals surface area contributed by atoms with Crippen LogP contribution in [0.5, 0.6) is 0 Å². The lowest BCUT2D eigenvalue weighted by molar-refractivity contribution is -0.147. The van der Waals surface area contributed by atoms with E-state index in [2.05, 4.69) is 5.32 Å². The molecule has 0 spiro atoms. The van der Waals surface area contributed by atoms with E-state index in [1.54, 1.807) is 0 Å². The zero-order chi connectivity index (χ0) is 11.8. The molecule has 16 heavy (non-hydrogen) atoms. The highest BCUT2D eigenvalue weighted by Crippen LogP contribution is 2.31. The average Bonchev–Trinajstić information content (AvgIpc) is 3.00. The number of ether oxygens (including phenoxy) is 1. The summed E-state index contributed by atoms with van der Waals surface area (Å²) in [6.45, 7) is 0.713. The van der Waals surface area contributed by atoms with Gasteiger partial charge in [-0.3, -0.25) is 4.79 Å². The second-order valence-corrected chi connectivity index (χ2v) is 6.92. The molecule has 6 heteroatoms. The molecule has 5 nitrogen and oxygen atoms in total. The maximum Gasteiger partial charge on any atom is 0.327 e. The van der Waals surface area contributed by atoms with Gasteiger partial charge in [-0.1, -0.05) is 0 Å². The Morgan fingerprint density at radius 2 is 2.19 bits per heavy atom. The molecule has 0 bridgehead atoms. The van der Waals surface area contributed by atoms with E-state index in [-0.39, 0.29) is 11.5 Å². The third-order valence-electron chi connectivity index (χ3n) is 3.31. The van der Waals surface area contributed by atoms with Crippen molar-refractivity contribution >= 4 is 15.8 Å². The Morgan fingerprint density at radius 1 is 1.50 bits per heavy atom. The Morgan fingerprint density at radius 3 is 2.62 bits per heavy atom. The summed E-state index contributed by atoms with van der Waals surface area (Å²) < 4.78 is 27.7. The lowest BCUT2D eigenvalue weighted by Crippen LogP contribution is -2.54. The normalized spacial score (nSPS) is 32.6. The molecule has 1 unspecified atom stereocenters. The van der Waals surface area contributed by atoms with E-state index in [0.29, 0.717) is 18.9 Å². The monoisotopic (exact) mass is 247 g/mol. The van der Waals surface area contributed by atoms with Crippen molar-refractivity contribution in [1.29, 1.82) is 0 Å². The third kappa shape index (κ3) is 2.38. The van der Waals surface area contributed by atoms with Gasteiger partial charge in [0.15, 0.2) is 9.84 Å². The quantitative estimate of drug-likeness (QED) is 0.692. The fraction of sp³-hybridized carbons (Fsp3) is 0.900. The van der Waals surface area contributed by atoms with Gasteiger partial charge in [-0.05, 0) is 31.7 Å². The van der Waals surface area contributed by atoms with Crippen LogP contribution in [0, 0.1) is 5.92 Å². The molecule has 0 aromatic heterocycles. The summed E-state index contributed by atoms with van der Waals surface area (Å²) in [7, 11) is -1.80. The maximum absolute atomic E-state index is 11.7. The third-order valence-corrected chi connectivity index (χ3v) is 5.07. The van der Waals surface area contributed by atoms with Gasteiger partial charge in [0, 0.05) is 0 Å². The Labute approximate surface area is 95.5 Å².